The minimum absolute atomic E-state index is 0.0160. The summed E-state index contributed by atoms with van der Waals surface area (Å²) in [5.74, 6) is 0.863. The molecule has 2 unspecified atom stereocenters. The van der Waals surface area contributed by atoms with E-state index in [-0.39, 0.29) is 11.8 Å². The molecular weight excluding hydrogens is 288 g/mol. The van der Waals surface area contributed by atoms with E-state index >= 15 is 0 Å². The van der Waals surface area contributed by atoms with Gasteiger partial charge >= 0.3 is 0 Å². The number of benzene rings is 1. The standard InChI is InChI=1S/C15H18N2O3S/c1-8-13(9(2)18)14(17-15(21)16-8)10-5-6-11(19-3)12(7-10)20-4/h5-7,13-14H,1H2,2-4H3,(H2,16,17,21). The van der Waals surface area contributed by atoms with Gasteiger partial charge in [0.25, 0.3) is 0 Å². The van der Waals surface area contributed by atoms with Crippen molar-refractivity contribution in [3.8, 4) is 11.5 Å². The van der Waals surface area contributed by atoms with Crippen molar-refractivity contribution in [2.75, 3.05) is 14.2 Å². The van der Waals surface area contributed by atoms with Crippen LogP contribution in [0, 0.1) is 5.92 Å². The van der Waals surface area contributed by atoms with Crippen LogP contribution in [0.2, 0.25) is 0 Å². The highest BCUT2D eigenvalue weighted by atomic mass is 32.1. The average Bonchev–Trinajstić information content (AvgIpc) is 2.45. The SMILES string of the molecule is C=C1NC(=S)NC(c2ccc(OC)c(OC)c2)C1C(C)=O. The fourth-order valence-corrected chi connectivity index (χ4v) is 2.75. The predicted molar refractivity (Wildman–Crippen MR) is 84.5 cm³/mol. The van der Waals surface area contributed by atoms with E-state index in [4.69, 9.17) is 21.7 Å². The lowest BCUT2D eigenvalue weighted by Gasteiger charge is -2.35. The van der Waals surface area contributed by atoms with Crippen LogP contribution in [0.5, 0.6) is 11.5 Å². The third-order valence-corrected chi connectivity index (χ3v) is 3.69. The van der Waals surface area contributed by atoms with Crippen molar-refractivity contribution in [3.63, 3.8) is 0 Å². The van der Waals surface area contributed by atoms with Gasteiger partial charge in [0.2, 0.25) is 0 Å². The molecule has 2 N–H and O–H groups in total. The zero-order chi connectivity index (χ0) is 15.6. The molecule has 0 spiro atoms. The number of carbonyl (C=O) groups is 1. The molecule has 5 nitrogen and oxygen atoms in total. The van der Waals surface area contributed by atoms with Crippen molar-refractivity contribution in [1.29, 1.82) is 0 Å². The van der Waals surface area contributed by atoms with Crippen LogP contribution in [-0.4, -0.2) is 25.1 Å². The number of rotatable bonds is 4. The first-order valence-corrected chi connectivity index (χ1v) is 6.87. The summed E-state index contributed by atoms with van der Waals surface area (Å²) < 4.78 is 10.5. The molecule has 1 aliphatic heterocycles. The lowest BCUT2D eigenvalue weighted by atomic mass is 9.86. The molecule has 1 fully saturated rings. The number of hydrogen-bond acceptors (Lipinski definition) is 4. The van der Waals surface area contributed by atoms with Gasteiger partial charge in [-0.1, -0.05) is 12.6 Å². The first-order chi connectivity index (χ1) is 9.97. The van der Waals surface area contributed by atoms with Gasteiger partial charge in [-0.25, -0.2) is 0 Å². The van der Waals surface area contributed by atoms with Crippen LogP contribution in [-0.2, 0) is 4.79 Å². The van der Waals surface area contributed by atoms with Crippen LogP contribution < -0.4 is 20.1 Å². The average molecular weight is 306 g/mol. The lowest BCUT2D eigenvalue weighted by Crippen LogP contribution is -2.50. The van der Waals surface area contributed by atoms with Gasteiger partial charge in [-0.3, -0.25) is 4.79 Å². The first kappa shape index (κ1) is 15.3. The maximum absolute atomic E-state index is 11.9. The van der Waals surface area contributed by atoms with E-state index in [1.54, 1.807) is 27.2 Å². The molecule has 1 saturated heterocycles. The Morgan fingerprint density at radius 1 is 1.29 bits per heavy atom. The highest BCUT2D eigenvalue weighted by Gasteiger charge is 2.34. The molecule has 21 heavy (non-hydrogen) atoms. The summed E-state index contributed by atoms with van der Waals surface area (Å²) in [6, 6.07) is 5.26. The highest BCUT2D eigenvalue weighted by molar-refractivity contribution is 7.80. The molecule has 0 saturated carbocycles. The van der Waals surface area contributed by atoms with Crippen molar-refractivity contribution < 1.29 is 14.3 Å². The van der Waals surface area contributed by atoms with E-state index in [9.17, 15) is 4.79 Å². The summed E-state index contributed by atoms with van der Waals surface area (Å²) in [7, 11) is 3.15. The molecule has 0 radical (unpaired) electrons. The number of thiocarbonyl (C=S) groups is 1. The topological polar surface area (TPSA) is 59.6 Å². The second-order valence-corrected chi connectivity index (χ2v) is 5.21. The number of ether oxygens (including phenoxy) is 2. The number of ketones is 1. The largest absolute Gasteiger partial charge is 0.493 e. The van der Waals surface area contributed by atoms with Gasteiger partial charge in [-0.05, 0) is 36.8 Å². The van der Waals surface area contributed by atoms with Crippen LogP contribution in [0.3, 0.4) is 0 Å². The van der Waals surface area contributed by atoms with E-state index < -0.39 is 5.92 Å². The summed E-state index contributed by atoms with van der Waals surface area (Å²) in [5.41, 5.74) is 1.49. The van der Waals surface area contributed by atoms with Gasteiger partial charge in [0.15, 0.2) is 16.6 Å². The maximum Gasteiger partial charge on any atom is 0.171 e. The third kappa shape index (κ3) is 3.00. The van der Waals surface area contributed by atoms with Crippen molar-refractivity contribution in [2.45, 2.75) is 13.0 Å². The monoisotopic (exact) mass is 306 g/mol. The normalized spacial score (nSPS) is 21.3. The van der Waals surface area contributed by atoms with Crippen LogP contribution in [0.25, 0.3) is 0 Å². The van der Waals surface area contributed by atoms with Gasteiger partial charge in [0.1, 0.15) is 5.78 Å². The maximum atomic E-state index is 11.9. The Labute approximate surface area is 129 Å². The number of nitrogens with one attached hydrogen (secondary N) is 2. The quantitative estimate of drug-likeness (QED) is 0.829. The van der Waals surface area contributed by atoms with Gasteiger partial charge in [0.05, 0.1) is 26.2 Å². The van der Waals surface area contributed by atoms with Gasteiger partial charge in [0, 0.05) is 5.70 Å². The molecule has 1 aromatic rings. The second kappa shape index (κ2) is 6.13. The predicted octanol–water partition coefficient (Wildman–Crippen LogP) is 1.94. The molecule has 0 aliphatic carbocycles. The van der Waals surface area contributed by atoms with Crippen LogP contribution in [0.1, 0.15) is 18.5 Å². The molecule has 2 atom stereocenters. The first-order valence-electron chi connectivity index (χ1n) is 6.46. The fraction of sp³-hybridized carbons (Fsp3) is 0.333. The van der Waals surface area contributed by atoms with E-state index in [1.165, 1.54) is 0 Å². The molecule has 1 aromatic carbocycles. The molecule has 0 bridgehead atoms. The number of carbonyl (C=O) groups excluding carboxylic acids is 1. The minimum atomic E-state index is -0.394. The molecule has 0 aromatic heterocycles. The summed E-state index contributed by atoms with van der Waals surface area (Å²) >= 11 is 5.16. The van der Waals surface area contributed by atoms with Crippen LogP contribution in [0.4, 0.5) is 0 Å². The van der Waals surface area contributed by atoms with Gasteiger partial charge < -0.3 is 20.1 Å². The molecular formula is C15H18N2O3S. The van der Waals surface area contributed by atoms with Crippen LogP contribution in [0.15, 0.2) is 30.5 Å². The Morgan fingerprint density at radius 3 is 2.52 bits per heavy atom. The van der Waals surface area contributed by atoms with Crippen molar-refractivity contribution in [3.05, 3.63) is 36.0 Å². The zero-order valence-corrected chi connectivity index (χ0v) is 13.0. The summed E-state index contributed by atoms with van der Waals surface area (Å²) in [5, 5.41) is 6.49. The summed E-state index contributed by atoms with van der Waals surface area (Å²) in [6.07, 6.45) is 0. The van der Waals surface area contributed by atoms with E-state index in [2.05, 4.69) is 17.2 Å². The van der Waals surface area contributed by atoms with Crippen molar-refractivity contribution in [2.24, 2.45) is 5.92 Å². The Kier molecular flexibility index (Phi) is 4.47. The molecule has 1 aliphatic rings. The molecule has 2 rings (SSSR count). The number of methoxy groups -OCH3 is 2. The molecule has 1 heterocycles. The van der Waals surface area contributed by atoms with Crippen molar-refractivity contribution >= 4 is 23.1 Å². The van der Waals surface area contributed by atoms with Crippen LogP contribution >= 0.6 is 12.2 Å². The van der Waals surface area contributed by atoms with E-state index in [1.807, 2.05) is 12.1 Å². The summed E-state index contributed by atoms with van der Waals surface area (Å²) in [4.78, 5) is 11.9. The third-order valence-electron chi connectivity index (χ3n) is 3.47. The molecule has 6 heteroatoms. The van der Waals surface area contributed by atoms with E-state index in [0.717, 1.165) is 5.56 Å². The van der Waals surface area contributed by atoms with E-state index in [0.29, 0.717) is 22.3 Å². The van der Waals surface area contributed by atoms with Gasteiger partial charge in [-0.15, -0.1) is 0 Å². The number of Topliss-reactive ketones (excluding diaryl/α,β-unsaturated/α-hetero) is 1. The van der Waals surface area contributed by atoms with Gasteiger partial charge in [-0.2, -0.15) is 0 Å². The zero-order valence-electron chi connectivity index (χ0n) is 12.2. The number of hydrogen-bond donors (Lipinski definition) is 2. The van der Waals surface area contributed by atoms with Crippen molar-refractivity contribution in [1.82, 2.24) is 10.6 Å². The fourth-order valence-electron chi connectivity index (χ4n) is 2.49. The Hall–Kier alpha value is -2.08. The highest BCUT2D eigenvalue weighted by Crippen LogP contribution is 2.35. The molecule has 112 valence electrons. The second-order valence-electron chi connectivity index (χ2n) is 4.80. The Morgan fingerprint density at radius 2 is 1.95 bits per heavy atom. The summed E-state index contributed by atoms with van der Waals surface area (Å²) in [6.45, 7) is 5.45. The molecule has 0 amide bonds. The Bertz CT molecular complexity index is 601. The lowest BCUT2D eigenvalue weighted by molar-refractivity contribution is -0.120. The minimum Gasteiger partial charge on any atom is -0.493 e. The smallest absolute Gasteiger partial charge is 0.171 e. The Balaban J connectivity index is 2.43.